The van der Waals surface area contributed by atoms with Gasteiger partial charge in [0.05, 0.1) is 25.4 Å². The van der Waals surface area contributed by atoms with Crippen LogP contribution in [0.1, 0.15) is 26.3 Å². The Hall–Kier alpha value is -1.73. The van der Waals surface area contributed by atoms with Gasteiger partial charge in [-0.05, 0) is 11.5 Å². The van der Waals surface area contributed by atoms with Crippen LogP contribution in [-0.4, -0.2) is 44.7 Å². The second kappa shape index (κ2) is 6.36. The first-order chi connectivity index (χ1) is 9.97. The molecule has 1 aromatic rings. The molecule has 1 fully saturated rings. The molecule has 4 heteroatoms. The van der Waals surface area contributed by atoms with E-state index in [0.717, 1.165) is 31.9 Å². The normalized spacial score (nSPS) is 16.6. The lowest BCUT2D eigenvalue weighted by molar-refractivity contribution is 0.285. The van der Waals surface area contributed by atoms with E-state index in [1.54, 1.807) is 7.11 Å². The number of hydrogen-bond donors (Lipinski definition) is 0. The van der Waals surface area contributed by atoms with Crippen LogP contribution in [0.4, 0.5) is 5.69 Å². The fourth-order valence-corrected chi connectivity index (χ4v) is 2.83. The van der Waals surface area contributed by atoms with Crippen LogP contribution in [-0.2, 0) is 5.41 Å². The fraction of sp³-hybridized carbons (Fsp3) is 0.588. The highest BCUT2D eigenvalue weighted by Crippen LogP contribution is 2.38. The number of nitriles is 1. The van der Waals surface area contributed by atoms with Gasteiger partial charge < -0.3 is 9.64 Å². The highest BCUT2D eigenvalue weighted by Gasteiger charge is 2.25. The topological polar surface area (TPSA) is 39.5 Å². The maximum atomic E-state index is 8.78. The zero-order valence-electron chi connectivity index (χ0n) is 13.5. The molecule has 0 bridgehead atoms. The van der Waals surface area contributed by atoms with E-state index in [-0.39, 0.29) is 5.41 Å². The Labute approximate surface area is 127 Å². The average Bonchev–Trinajstić information content (AvgIpc) is 2.46. The largest absolute Gasteiger partial charge is 0.494 e. The number of para-hydroxylation sites is 1. The summed E-state index contributed by atoms with van der Waals surface area (Å²) in [6, 6.07) is 8.62. The van der Waals surface area contributed by atoms with Crippen molar-refractivity contribution in [1.82, 2.24) is 4.90 Å². The molecule has 0 N–H and O–H groups in total. The molecule has 0 saturated carbocycles. The summed E-state index contributed by atoms with van der Waals surface area (Å²) in [4.78, 5) is 4.55. The summed E-state index contributed by atoms with van der Waals surface area (Å²) in [7, 11) is 1.75. The molecule has 0 unspecified atom stereocenters. The van der Waals surface area contributed by atoms with Crippen LogP contribution in [0.25, 0.3) is 0 Å². The number of nitrogens with zero attached hydrogens (tertiary/aromatic N) is 3. The van der Waals surface area contributed by atoms with Crippen LogP contribution in [0.2, 0.25) is 0 Å². The van der Waals surface area contributed by atoms with Crippen molar-refractivity contribution in [3.8, 4) is 11.8 Å². The lowest BCUT2D eigenvalue weighted by Gasteiger charge is -2.36. The molecule has 0 amide bonds. The minimum atomic E-state index is 0.0595. The molecule has 114 valence electrons. The van der Waals surface area contributed by atoms with Gasteiger partial charge in [0.1, 0.15) is 5.75 Å². The van der Waals surface area contributed by atoms with Crippen LogP contribution >= 0.6 is 0 Å². The fourth-order valence-electron chi connectivity index (χ4n) is 2.83. The van der Waals surface area contributed by atoms with Crippen molar-refractivity contribution < 1.29 is 4.74 Å². The predicted molar refractivity (Wildman–Crippen MR) is 86.0 cm³/mol. The third-order valence-corrected chi connectivity index (χ3v) is 4.01. The van der Waals surface area contributed by atoms with Gasteiger partial charge in [0.25, 0.3) is 0 Å². The van der Waals surface area contributed by atoms with Crippen LogP contribution in [0.15, 0.2) is 18.2 Å². The number of hydrogen-bond acceptors (Lipinski definition) is 4. The van der Waals surface area contributed by atoms with Gasteiger partial charge in [0.15, 0.2) is 0 Å². The van der Waals surface area contributed by atoms with E-state index < -0.39 is 0 Å². The van der Waals surface area contributed by atoms with Gasteiger partial charge in [-0.3, -0.25) is 4.90 Å². The SMILES string of the molecule is COc1c(N2CCN(CC#N)CC2)cccc1C(C)(C)C. The monoisotopic (exact) mass is 287 g/mol. The predicted octanol–water partition coefficient (Wildman–Crippen LogP) is 2.64. The van der Waals surface area contributed by atoms with Gasteiger partial charge in [0.2, 0.25) is 0 Å². The lowest BCUT2D eigenvalue weighted by atomic mass is 9.86. The molecule has 2 rings (SSSR count). The molecular weight excluding hydrogens is 262 g/mol. The van der Waals surface area contributed by atoms with Crippen molar-refractivity contribution in [2.75, 3.05) is 44.7 Å². The van der Waals surface area contributed by atoms with Crippen molar-refractivity contribution >= 4 is 5.69 Å². The van der Waals surface area contributed by atoms with Crippen LogP contribution < -0.4 is 9.64 Å². The van der Waals surface area contributed by atoms with Gasteiger partial charge in [0, 0.05) is 31.7 Å². The molecule has 1 saturated heterocycles. The smallest absolute Gasteiger partial charge is 0.145 e. The van der Waals surface area contributed by atoms with E-state index in [1.807, 2.05) is 0 Å². The van der Waals surface area contributed by atoms with E-state index in [4.69, 9.17) is 10.00 Å². The van der Waals surface area contributed by atoms with Crippen LogP contribution in [0.5, 0.6) is 5.75 Å². The minimum absolute atomic E-state index is 0.0595. The molecule has 1 aliphatic heterocycles. The highest BCUT2D eigenvalue weighted by molar-refractivity contribution is 5.63. The van der Waals surface area contributed by atoms with E-state index >= 15 is 0 Å². The van der Waals surface area contributed by atoms with E-state index in [0.29, 0.717) is 6.54 Å². The molecule has 0 spiro atoms. The van der Waals surface area contributed by atoms with Gasteiger partial charge in [-0.15, -0.1) is 0 Å². The molecular formula is C17H25N3O. The summed E-state index contributed by atoms with van der Waals surface area (Å²) < 4.78 is 5.72. The quantitative estimate of drug-likeness (QED) is 0.801. The summed E-state index contributed by atoms with van der Waals surface area (Å²) in [6.45, 7) is 10.9. The third-order valence-electron chi connectivity index (χ3n) is 4.01. The first-order valence-electron chi connectivity index (χ1n) is 7.49. The third kappa shape index (κ3) is 3.48. The van der Waals surface area contributed by atoms with Gasteiger partial charge in [-0.25, -0.2) is 0 Å². The summed E-state index contributed by atoms with van der Waals surface area (Å²) in [5, 5.41) is 8.78. The number of methoxy groups -OCH3 is 1. The number of benzene rings is 1. The second-order valence-electron chi connectivity index (χ2n) is 6.53. The molecule has 0 radical (unpaired) electrons. The molecule has 0 aromatic heterocycles. The standard InChI is InChI=1S/C17H25N3O/c1-17(2,3)14-6-5-7-15(16(14)21-4)20-12-10-19(9-8-18)11-13-20/h5-7H,9-13H2,1-4H3. The Morgan fingerprint density at radius 1 is 1.19 bits per heavy atom. The van der Waals surface area contributed by atoms with Crippen molar-refractivity contribution in [2.45, 2.75) is 26.2 Å². The van der Waals surface area contributed by atoms with Gasteiger partial charge in [-0.1, -0.05) is 32.9 Å². The molecule has 1 aromatic carbocycles. The molecule has 4 nitrogen and oxygen atoms in total. The summed E-state index contributed by atoms with van der Waals surface area (Å²) in [6.07, 6.45) is 0. The molecule has 0 aliphatic carbocycles. The number of ether oxygens (including phenoxy) is 1. The first-order valence-corrected chi connectivity index (χ1v) is 7.49. The van der Waals surface area contributed by atoms with E-state index in [9.17, 15) is 0 Å². The summed E-state index contributed by atoms with van der Waals surface area (Å²) >= 11 is 0. The Morgan fingerprint density at radius 2 is 1.86 bits per heavy atom. The number of anilines is 1. The van der Waals surface area contributed by atoms with Crippen molar-refractivity contribution in [3.05, 3.63) is 23.8 Å². The Balaban J connectivity index is 2.23. The van der Waals surface area contributed by atoms with Crippen LogP contribution in [0.3, 0.4) is 0 Å². The maximum Gasteiger partial charge on any atom is 0.145 e. The maximum absolute atomic E-state index is 8.78. The zero-order valence-corrected chi connectivity index (χ0v) is 13.5. The number of piperazine rings is 1. The number of rotatable bonds is 3. The first kappa shape index (κ1) is 15.7. The van der Waals surface area contributed by atoms with Crippen molar-refractivity contribution in [3.63, 3.8) is 0 Å². The van der Waals surface area contributed by atoms with Crippen LogP contribution in [0, 0.1) is 11.3 Å². The molecule has 21 heavy (non-hydrogen) atoms. The average molecular weight is 287 g/mol. The summed E-state index contributed by atoms with van der Waals surface area (Å²) in [5.74, 6) is 0.985. The zero-order chi connectivity index (χ0) is 15.5. The molecule has 1 heterocycles. The highest BCUT2D eigenvalue weighted by atomic mass is 16.5. The van der Waals surface area contributed by atoms with E-state index in [2.05, 4.69) is 54.8 Å². The minimum Gasteiger partial charge on any atom is -0.494 e. The Bertz CT molecular complexity index is 520. The van der Waals surface area contributed by atoms with E-state index in [1.165, 1.54) is 11.3 Å². The second-order valence-corrected chi connectivity index (χ2v) is 6.53. The molecule has 1 aliphatic rings. The Kier molecular flexibility index (Phi) is 4.74. The van der Waals surface area contributed by atoms with Gasteiger partial charge in [-0.2, -0.15) is 5.26 Å². The van der Waals surface area contributed by atoms with Crippen molar-refractivity contribution in [2.24, 2.45) is 0 Å². The van der Waals surface area contributed by atoms with Crippen molar-refractivity contribution in [1.29, 1.82) is 5.26 Å². The Morgan fingerprint density at radius 3 is 2.38 bits per heavy atom. The summed E-state index contributed by atoms with van der Waals surface area (Å²) in [5.41, 5.74) is 2.47. The van der Waals surface area contributed by atoms with Gasteiger partial charge >= 0.3 is 0 Å². The molecule has 0 atom stereocenters. The lowest BCUT2D eigenvalue weighted by Crippen LogP contribution is -2.46.